The van der Waals surface area contributed by atoms with Crippen LogP contribution in [-0.4, -0.2) is 35.8 Å². The first-order valence-corrected chi connectivity index (χ1v) is 5.22. The highest BCUT2D eigenvalue weighted by atomic mass is 16.5. The fourth-order valence-electron chi connectivity index (χ4n) is 1.62. The molecular formula is C11H15NO4. The third kappa shape index (κ3) is 2.48. The van der Waals surface area contributed by atoms with E-state index in [1.165, 1.54) is 13.2 Å². The van der Waals surface area contributed by atoms with Crippen molar-refractivity contribution in [2.75, 3.05) is 7.11 Å². The van der Waals surface area contributed by atoms with Gasteiger partial charge in [0.15, 0.2) is 0 Å². The predicted octanol–water partition coefficient (Wildman–Crippen LogP) is 0.643. The van der Waals surface area contributed by atoms with E-state index in [1.807, 2.05) is 6.92 Å². The van der Waals surface area contributed by atoms with Crippen LogP contribution in [0.25, 0.3) is 0 Å². The van der Waals surface area contributed by atoms with E-state index >= 15 is 0 Å². The number of carbonyl (C=O) groups excluding carboxylic acids is 3. The van der Waals surface area contributed by atoms with Gasteiger partial charge in [-0.2, -0.15) is 0 Å². The van der Waals surface area contributed by atoms with E-state index < -0.39 is 17.9 Å². The van der Waals surface area contributed by atoms with Gasteiger partial charge in [-0.05, 0) is 18.9 Å². The molecule has 1 aliphatic rings. The summed E-state index contributed by atoms with van der Waals surface area (Å²) < 4.78 is 4.56. The van der Waals surface area contributed by atoms with Crippen molar-refractivity contribution in [2.45, 2.75) is 32.2 Å². The zero-order chi connectivity index (χ0) is 12.1. The molecule has 16 heavy (non-hydrogen) atoms. The van der Waals surface area contributed by atoms with E-state index in [1.54, 1.807) is 6.08 Å². The molecule has 1 saturated heterocycles. The van der Waals surface area contributed by atoms with Gasteiger partial charge in [-0.15, -0.1) is 0 Å². The van der Waals surface area contributed by atoms with Gasteiger partial charge in [-0.25, -0.2) is 4.79 Å². The molecule has 0 aromatic rings. The summed E-state index contributed by atoms with van der Waals surface area (Å²) in [5.74, 6) is -1.30. The largest absolute Gasteiger partial charge is 0.467 e. The molecule has 88 valence electrons. The second kappa shape index (κ2) is 5.44. The van der Waals surface area contributed by atoms with Gasteiger partial charge in [0.05, 0.1) is 7.11 Å². The van der Waals surface area contributed by atoms with Crippen LogP contribution >= 0.6 is 0 Å². The molecule has 0 radical (unpaired) electrons. The molecule has 1 heterocycles. The van der Waals surface area contributed by atoms with Crippen molar-refractivity contribution in [3.05, 3.63) is 12.2 Å². The molecule has 5 heteroatoms. The molecule has 0 unspecified atom stereocenters. The lowest BCUT2D eigenvalue weighted by molar-refractivity contribution is -0.154. The Labute approximate surface area is 94.1 Å². The number of rotatable bonds is 3. The number of allylic oxidation sites excluding steroid dienone is 1. The lowest BCUT2D eigenvalue weighted by Crippen LogP contribution is -2.42. The van der Waals surface area contributed by atoms with Crippen molar-refractivity contribution in [1.29, 1.82) is 0 Å². The molecule has 0 saturated carbocycles. The van der Waals surface area contributed by atoms with Crippen LogP contribution in [-0.2, 0) is 19.1 Å². The van der Waals surface area contributed by atoms with Gasteiger partial charge < -0.3 is 4.74 Å². The third-order valence-corrected chi connectivity index (χ3v) is 2.42. The average Bonchev–Trinajstić information content (AvgIpc) is 2.67. The van der Waals surface area contributed by atoms with Crippen LogP contribution in [0.5, 0.6) is 0 Å². The van der Waals surface area contributed by atoms with Crippen molar-refractivity contribution in [1.82, 2.24) is 4.90 Å². The van der Waals surface area contributed by atoms with Gasteiger partial charge in [0.25, 0.3) is 5.91 Å². The summed E-state index contributed by atoms with van der Waals surface area (Å²) in [5, 5.41) is 0. The maximum Gasteiger partial charge on any atom is 0.329 e. The SMILES string of the molecule is CC/C=C/C(=O)N1C(=O)CC[C@H]1C(=O)OC. The molecule has 1 rings (SSSR count). The second-order valence-electron chi connectivity index (χ2n) is 3.49. The number of hydrogen-bond acceptors (Lipinski definition) is 4. The van der Waals surface area contributed by atoms with Crippen molar-refractivity contribution in [3.63, 3.8) is 0 Å². The van der Waals surface area contributed by atoms with Gasteiger partial charge >= 0.3 is 5.97 Å². The molecule has 1 fully saturated rings. The highest BCUT2D eigenvalue weighted by Crippen LogP contribution is 2.20. The summed E-state index contributed by atoms with van der Waals surface area (Å²) in [6.07, 6.45) is 4.24. The van der Waals surface area contributed by atoms with E-state index in [0.29, 0.717) is 12.8 Å². The third-order valence-electron chi connectivity index (χ3n) is 2.42. The quantitative estimate of drug-likeness (QED) is 0.522. The summed E-state index contributed by atoms with van der Waals surface area (Å²) in [6.45, 7) is 1.88. The van der Waals surface area contributed by atoms with E-state index in [2.05, 4.69) is 4.74 Å². The molecule has 2 amide bonds. The van der Waals surface area contributed by atoms with E-state index in [-0.39, 0.29) is 12.3 Å². The molecule has 0 aromatic heterocycles. The number of ether oxygens (including phenoxy) is 1. The summed E-state index contributed by atoms with van der Waals surface area (Å²) in [6, 6.07) is -0.758. The predicted molar refractivity (Wildman–Crippen MR) is 56.3 cm³/mol. The normalized spacial score (nSPS) is 20.5. The number of amides is 2. The highest BCUT2D eigenvalue weighted by molar-refractivity contribution is 6.05. The van der Waals surface area contributed by atoms with Crippen LogP contribution in [0.2, 0.25) is 0 Å². The maximum atomic E-state index is 11.7. The fourth-order valence-corrected chi connectivity index (χ4v) is 1.62. The number of hydrogen-bond donors (Lipinski definition) is 0. The number of methoxy groups -OCH3 is 1. The van der Waals surface area contributed by atoms with Crippen molar-refractivity contribution in [3.8, 4) is 0 Å². The molecule has 1 atom stereocenters. The highest BCUT2D eigenvalue weighted by Gasteiger charge is 2.39. The molecule has 5 nitrogen and oxygen atoms in total. The van der Waals surface area contributed by atoms with Crippen LogP contribution in [0.1, 0.15) is 26.2 Å². The first-order chi connectivity index (χ1) is 7.61. The molecule has 0 spiro atoms. The van der Waals surface area contributed by atoms with Crippen molar-refractivity contribution >= 4 is 17.8 Å². The molecule has 1 aliphatic heterocycles. The molecular weight excluding hydrogens is 210 g/mol. The average molecular weight is 225 g/mol. The summed E-state index contributed by atoms with van der Waals surface area (Å²) in [7, 11) is 1.25. The smallest absolute Gasteiger partial charge is 0.329 e. The zero-order valence-electron chi connectivity index (χ0n) is 9.43. The molecule has 0 aliphatic carbocycles. The Kier molecular flexibility index (Phi) is 4.22. The molecule has 0 bridgehead atoms. The Bertz CT molecular complexity index is 335. The van der Waals surface area contributed by atoms with Gasteiger partial charge in [-0.1, -0.05) is 13.0 Å². The number of likely N-dealkylation sites (tertiary alicyclic amines) is 1. The minimum absolute atomic E-state index is 0.214. The summed E-state index contributed by atoms with van der Waals surface area (Å²) in [5.41, 5.74) is 0. The number of nitrogens with zero attached hydrogens (tertiary/aromatic N) is 1. The first-order valence-electron chi connectivity index (χ1n) is 5.22. The van der Waals surface area contributed by atoms with Crippen molar-refractivity contribution in [2.24, 2.45) is 0 Å². The zero-order valence-corrected chi connectivity index (χ0v) is 9.43. The van der Waals surface area contributed by atoms with E-state index in [4.69, 9.17) is 0 Å². The van der Waals surface area contributed by atoms with Crippen LogP contribution in [0.4, 0.5) is 0 Å². The Hall–Kier alpha value is -1.65. The molecule has 0 aromatic carbocycles. The van der Waals surface area contributed by atoms with Crippen LogP contribution < -0.4 is 0 Å². The lowest BCUT2D eigenvalue weighted by atomic mass is 10.2. The van der Waals surface area contributed by atoms with Gasteiger partial charge in [-0.3, -0.25) is 14.5 Å². The van der Waals surface area contributed by atoms with Crippen molar-refractivity contribution < 1.29 is 19.1 Å². The number of carbonyl (C=O) groups is 3. The lowest BCUT2D eigenvalue weighted by Gasteiger charge is -2.19. The minimum Gasteiger partial charge on any atom is -0.467 e. The van der Waals surface area contributed by atoms with E-state index in [0.717, 1.165) is 4.90 Å². The maximum absolute atomic E-state index is 11.7. The van der Waals surface area contributed by atoms with Crippen LogP contribution in [0.15, 0.2) is 12.2 Å². The van der Waals surface area contributed by atoms with Gasteiger partial charge in [0.1, 0.15) is 6.04 Å². The first kappa shape index (κ1) is 12.4. The second-order valence-corrected chi connectivity index (χ2v) is 3.49. The summed E-state index contributed by atoms with van der Waals surface area (Å²) in [4.78, 5) is 35.5. The Balaban J connectivity index is 2.81. The molecule has 0 N–H and O–H groups in total. The Morgan fingerprint density at radius 3 is 2.81 bits per heavy atom. The summed E-state index contributed by atoms with van der Waals surface area (Å²) >= 11 is 0. The Morgan fingerprint density at radius 1 is 1.56 bits per heavy atom. The number of esters is 1. The van der Waals surface area contributed by atoms with E-state index in [9.17, 15) is 14.4 Å². The van der Waals surface area contributed by atoms with Gasteiger partial charge in [0.2, 0.25) is 5.91 Å². The minimum atomic E-state index is -0.758. The Morgan fingerprint density at radius 2 is 2.25 bits per heavy atom. The fraction of sp³-hybridized carbons (Fsp3) is 0.545. The monoisotopic (exact) mass is 225 g/mol. The van der Waals surface area contributed by atoms with Crippen LogP contribution in [0, 0.1) is 0 Å². The number of imide groups is 1. The van der Waals surface area contributed by atoms with Crippen LogP contribution in [0.3, 0.4) is 0 Å². The van der Waals surface area contributed by atoms with Gasteiger partial charge in [0, 0.05) is 6.42 Å². The topological polar surface area (TPSA) is 63.7 Å². The standard InChI is InChI=1S/C11H15NO4/c1-3-4-5-9(13)12-8(11(15)16-2)6-7-10(12)14/h4-5,8H,3,6-7H2,1-2H3/b5-4+/t8-/m0/s1.